The molecule has 3 amide bonds. The molecule has 4 N–H and O–H groups in total. The van der Waals surface area contributed by atoms with E-state index in [0.717, 1.165) is 16.1 Å². The molecule has 37 heavy (non-hydrogen) atoms. The van der Waals surface area contributed by atoms with Gasteiger partial charge in [-0.15, -0.1) is 11.3 Å². The lowest BCUT2D eigenvalue weighted by molar-refractivity contribution is -0.143. The minimum absolute atomic E-state index is 0.0108. The first kappa shape index (κ1) is 28.5. The number of thiazole rings is 1. The first-order valence-electron chi connectivity index (χ1n) is 12.2. The second kappa shape index (κ2) is 12.0. The molecule has 0 saturated carbocycles. The van der Waals surface area contributed by atoms with Crippen molar-refractivity contribution in [3.8, 4) is 16.2 Å². The molecule has 3 rings (SSSR count). The van der Waals surface area contributed by atoms with Gasteiger partial charge < -0.3 is 30.5 Å². The van der Waals surface area contributed by atoms with Crippen LogP contribution in [0, 0.1) is 12.3 Å². The highest BCUT2D eigenvalue weighted by atomic mass is 32.1. The highest BCUT2D eigenvalue weighted by Crippen LogP contribution is 2.32. The van der Waals surface area contributed by atoms with Crippen molar-refractivity contribution in [3.63, 3.8) is 0 Å². The van der Waals surface area contributed by atoms with Crippen LogP contribution in [0.4, 0.5) is 0 Å². The zero-order valence-corrected chi connectivity index (χ0v) is 22.7. The molecule has 11 heteroatoms. The number of carbonyl (C=O) groups is 3. The lowest BCUT2D eigenvalue weighted by atomic mass is 9.85. The van der Waals surface area contributed by atoms with Gasteiger partial charge in [0.1, 0.15) is 24.4 Å². The highest BCUT2D eigenvalue weighted by molar-refractivity contribution is 7.13. The third-order valence-electron chi connectivity index (χ3n) is 6.20. The number of ether oxygens (including phenoxy) is 1. The minimum Gasteiger partial charge on any atom is -0.491 e. The Morgan fingerprint density at radius 1 is 1.30 bits per heavy atom. The van der Waals surface area contributed by atoms with Crippen molar-refractivity contribution in [1.82, 2.24) is 20.5 Å². The van der Waals surface area contributed by atoms with E-state index in [4.69, 9.17) is 4.74 Å². The number of carbonyl (C=O) groups excluding carboxylic acids is 3. The van der Waals surface area contributed by atoms with Gasteiger partial charge in [-0.1, -0.05) is 32.9 Å². The van der Waals surface area contributed by atoms with Crippen LogP contribution in [0.1, 0.15) is 45.4 Å². The number of amides is 3. The van der Waals surface area contributed by atoms with Gasteiger partial charge in [0.05, 0.1) is 28.8 Å². The van der Waals surface area contributed by atoms with Gasteiger partial charge in [-0.2, -0.15) is 0 Å². The van der Waals surface area contributed by atoms with E-state index < -0.39 is 35.4 Å². The zero-order chi connectivity index (χ0) is 27.3. The maximum Gasteiger partial charge on any atom is 0.246 e. The van der Waals surface area contributed by atoms with Gasteiger partial charge in [-0.3, -0.25) is 14.4 Å². The summed E-state index contributed by atoms with van der Waals surface area (Å²) >= 11 is 1.51. The van der Waals surface area contributed by atoms with Crippen LogP contribution >= 0.6 is 11.3 Å². The molecule has 0 spiro atoms. The van der Waals surface area contributed by atoms with Crippen molar-refractivity contribution in [2.24, 2.45) is 5.41 Å². The largest absolute Gasteiger partial charge is 0.491 e. The molecule has 0 unspecified atom stereocenters. The summed E-state index contributed by atoms with van der Waals surface area (Å²) < 4.78 is 5.74. The number of hydrogen-bond acceptors (Lipinski definition) is 8. The fraction of sp³-hybridized carbons (Fsp3) is 0.538. The first-order chi connectivity index (χ1) is 17.4. The van der Waals surface area contributed by atoms with Crippen LogP contribution in [0.15, 0.2) is 23.7 Å². The molecule has 202 valence electrons. The molecule has 1 aromatic heterocycles. The maximum absolute atomic E-state index is 13.4. The van der Waals surface area contributed by atoms with Crippen molar-refractivity contribution in [2.45, 2.75) is 65.8 Å². The zero-order valence-electron chi connectivity index (χ0n) is 21.9. The number of aliphatic hydroxyl groups excluding tert-OH is 2. The van der Waals surface area contributed by atoms with Crippen LogP contribution in [0.25, 0.3) is 10.4 Å². The van der Waals surface area contributed by atoms with Crippen LogP contribution in [0.2, 0.25) is 0 Å². The number of benzene rings is 1. The van der Waals surface area contributed by atoms with Crippen LogP contribution < -0.4 is 15.4 Å². The molecule has 1 aromatic carbocycles. The molecule has 2 aromatic rings. The molecule has 0 bridgehead atoms. The lowest BCUT2D eigenvalue weighted by Crippen LogP contribution is -2.57. The van der Waals surface area contributed by atoms with Crippen molar-refractivity contribution in [1.29, 1.82) is 0 Å². The molecule has 0 aliphatic carbocycles. The Balaban J connectivity index is 1.77. The Kier molecular flexibility index (Phi) is 9.27. The Hall–Kier alpha value is -3.02. The molecule has 0 radical (unpaired) electrons. The van der Waals surface area contributed by atoms with E-state index in [1.807, 2.05) is 45.9 Å². The summed E-state index contributed by atoms with van der Waals surface area (Å²) in [5.41, 5.74) is 3.71. The van der Waals surface area contributed by atoms with Gasteiger partial charge >= 0.3 is 0 Å². The quantitative estimate of drug-likeness (QED) is 0.385. The molecule has 1 saturated heterocycles. The van der Waals surface area contributed by atoms with Gasteiger partial charge in [0, 0.05) is 32.0 Å². The van der Waals surface area contributed by atoms with Crippen molar-refractivity contribution < 1.29 is 29.3 Å². The van der Waals surface area contributed by atoms with Crippen LogP contribution in [-0.2, 0) is 20.9 Å². The third-order valence-corrected chi connectivity index (χ3v) is 7.18. The van der Waals surface area contributed by atoms with E-state index in [-0.39, 0.29) is 38.6 Å². The van der Waals surface area contributed by atoms with E-state index in [9.17, 15) is 24.6 Å². The standard InChI is InChI=1S/C26H36N4O6S/c1-15-22(37-14-28-15)17-6-7-18(21(10-17)36-9-8-31)12-27-24(34)20-11-19(33)13-30(20)25(35)23(26(3,4)5)29-16(2)32/h6-7,10,14,19-20,23,31,33H,8-9,11-13H2,1-5H3,(H,27,34)(H,29,32)/t19-,20+,23-/m1/s1. The van der Waals surface area contributed by atoms with E-state index in [0.29, 0.717) is 11.3 Å². The van der Waals surface area contributed by atoms with Gasteiger partial charge in [-0.05, 0) is 24.0 Å². The molecule has 10 nitrogen and oxygen atoms in total. The molecule has 1 aliphatic rings. The number of aliphatic hydroxyl groups is 2. The highest BCUT2D eigenvalue weighted by Gasteiger charge is 2.44. The van der Waals surface area contributed by atoms with Crippen molar-refractivity contribution in [3.05, 3.63) is 35.0 Å². The number of rotatable bonds is 9. The van der Waals surface area contributed by atoms with Crippen LogP contribution in [0.3, 0.4) is 0 Å². The van der Waals surface area contributed by atoms with Crippen molar-refractivity contribution in [2.75, 3.05) is 19.8 Å². The summed E-state index contributed by atoms with van der Waals surface area (Å²) in [4.78, 5) is 45.0. The van der Waals surface area contributed by atoms with E-state index in [1.54, 1.807) is 5.51 Å². The Labute approximate surface area is 221 Å². The summed E-state index contributed by atoms with van der Waals surface area (Å²) in [6.45, 7) is 8.84. The Morgan fingerprint density at radius 2 is 2.03 bits per heavy atom. The molecular weight excluding hydrogens is 496 g/mol. The average molecular weight is 533 g/mol. The number of aromatic nitrogens is 1. The fourth-order valence-electron chi connectivity index (χ4n) is 4.33. The second-order valence-corrected chi connectivity index (χ2v) is 11.1. The third kappa shape index (κ3) is 7.06. The second-order valence-electron chi connectivity index (χ2n) is 10.3. The first-order valence-corrected chi connectivity index (χ1v) is 13.1. The number of likely N-dealkylation sites (tertiary alicyclic amines) is 1. The van der Waals surface area contributed by atoms with Crippen molar-refractivity contribution >= 4 is 29.1 Å². The molecule has 1 fully saturated rings. The fourth-order valence-corrected chi connectivity index (χ4v) is 5.14. The van der Waals surface area contributed by atoms with E-state index in [2.05, 4.69) is 15.6 Å². The predicted molar refractivity (Wildman–Crippen MR) is 140 cm³/mol. The predicted octanol–water partition coefficient (Wildman–Crippen LogP) is 1.62. The van der Waals surface area contributed by atoms with Crippen LogP contribution in [0.5, 0.6) is 5.75 Å². The molecule has 1 aliphatic heterocycles. The normalized spacial score (nSPS) is 18.4. The van der Waals surface area contributed by atoms with Crippen LogP contribution in [-0.4, -0.2) is 75.8 Å². The summed E-state index contributed by atoms with van der Waals surface area (Å²) in [5, 5.41) is 25.1. The molecular formula is C26H36N4O6S. The van der Waals surface area contributed by atoms with Gasteiger partial charge in [0.2, 0.25) is 17.7 Å². The number of hydrogen-bond donors (Lipinski definition) is 4. The Morgan fingerprint density at radius 3 is 2.62 bits per heavy atom. The number of aryl methyl sites for hydroxylation is 1. The summed E-state index contributed by atoms with van der Waals surface area (Å²) in [5.74, 6) is -0.634. The average Bonchev–Trinajstić information content (AvgIpc) is 3.44. The van der Waals surface area contributed by atoms with Gasteiger partial charge in [0.15, 0.2) is 0 Å². The van der Waals surface area contributed by atoms with Gasteiger partial charge in [-0.25, -0.2) is 4.98 Å². The summed E-state index contributed by atoms with van der Waals surface area (Å²) in [6.07, 6.45) is -0.741. The molecule has 3 atom stereocenters. The topological polar surface area (TPSA) is 141 Å². The summed E-state index contributed by atoms with van der Waals surface area (Å²) in [6, 6.07) is 3.91. The lowest BCUT2D eigenvalue weighted by Gasteiger charge is -2.35. The smallest absolute Gasteiger partial charge is 0.246 e. The van der Waals surface area contributed by atoms with E-state index >= 15 is 0 Å². The number of nitrogens with one attached hydrogen (secondary N) is 2. The van der Waals surface area contributed by atoms with Gasteiger partial charge in [0.25, 0.3) is 0 Å². The Bertz CT molecular complexity index is 1130. The minimum atomic E-state index is -0.873. The number of nitrogens with zero attached hydrogens (tertiary/aromatic N) is 2. The molecule has 2 heterocycles. The monoisotopic (exact) mass is 532 g/mol. The SMILES string of the molecule is CC(=O)N[C@H](C(=O)N1C[C@H](O)C[C@H]1C(=O)NCc1ccc(-c2scnc2C)cc1OCCO)C(C)(C)C. The summed E-state index contributed by atoms with van der Waals surface area (Å²) in [7, 11) is 0. The maximum atomic E-state index is 13.4. The van der Waals surface area contributed by atoms with E-state index in [1.165, 1.54) is 23.2 Å². The number of β-amino-alcohol motifs (C(OH)–C–C–N with tert-alkyl or cyclic N) is 1.